The summed E-state index contributed by atoms with van der Waals surface area (Å²) in [7, 11) is 3.73. The van der Waals surface area contributed by atoms with Crippen molar-refractivity contribution >= 4 is 12.4 Å². The highest BCUT2D eigenvalue weighted by Gasteiger charge is 2.37. The summed E-state index contributed by atoms with van der Waals surface area (Å²) in [6.07, 6.45) is -3.66. The predicted octanol–water partition coefficient (Wildman–Crippen LogP) is 5.40. The Morgan fingerprint density at radius 3 is 2.12 bits per heavy atom. The Morgan fingerprint density at radius 2 is 1.58 bits per heavy atom. The summed E-state index contributed by atoms with van der Waals surface area (Å²) in [4.78, 5) is 1.93. The maximum atomic E-state index is 13.1. The molecule has 2 aromatic rings. The summed E-state index contributed by atoms with van der Waals surface area (Å²) in [5, 5.41) is 0. The second kappa shape index (κ2) is 6.73. The zero-order valence-electron chi connectivity index (χ0n) is 13.3. The molecule has 130 valence electrons. The number of halogens is 5. The molecular formula is C18H18ClF4N. The Hall–Kier alpha value is -1.59. The standard InChI is InChI=1S/C18H17F4N.ClH/c1-23(2)17-10-15(11-3-6-13(19)7-4-11)14-8-5-12(9-16(14)17)18(20,21)22;/h3-9,15,17H,10H2,1-2H3;1H. The van der Waals surface area contributed by atoms with Gasteiger partial charge < -0.3 is 4.90 Å². The highest BCUT2D eigenvalue weighted by Crippen LogP contribution is 2.47. The van der Waals surface area contributed by atoms with Gasteiger partial charge in [-0.15, -0.1) is 12.4 Å². The molecule has 0 amide bonds. The van der Waals surface area contributed by atoms with Gasteiger partial charge in [-0.05, 0) is 61.5 Å². The van der Waals surface area contributed by atoms with Crippen molar-refractivity contribution in [3.8, 4) is 0 Å². The van der Waals surface area contributed by atoms with Gasteiger partial charge in [0.2, 0.25) is 0 Å². The van der Waals surface area contributed by atoms with Crippen molar-refractivity contribution in [3.63, 3.8) is 0 Å². The van der Waals surface area contributed by atoms with E-state index in [2.05, 4.69) is 0 Å². The maximum absolute atomic E-state index is 13.1. The Labute approximate surface area is 144 Å². The number of alkyl halides is 3. The van der Waals surface area contributed by atoms with Crippen molar-refractivity contribution in [2.45, 2.75) is 24.6 Å². The Bertz CT molecular complexity index is 710. The summed E-state index contributed by atoms with van der Waals surface area (Å²) in [6, 6.07) is 10.1. The van der Waals surface area contributed by atoms with Crippen LogP contribution < -0.4 is 0 Å². The van der Waals surface area contributed by atoms with Crippen molar-refractivity contribution in [2.24, 2.45) is 0 Å². The van der Waals surface area contributed by atoms with Crippen molar-refractivity contribution in [2.75, 3.05) is 14.1 Å². The van der Waals surface area contributed by atoms with E-state index >= 15 is 0 Å². The van der Waals surface area contributed by atoms with E-state index < -0.39 is 11.7 Å². The van der Waals surface area contributed by atoms with Crippen LogP contribution in [-0.2, 0) is 6.18 Å². The van der Waals surface area contributed by atoms with Gasteiger partial charge in [-0.1, -0.05) is 18.2 Å². The first-order chi connectivity index (χ1) is 10.8. The van der Waals surface area contributed by atoms with Crippen LogP contribution in [0.1, 0.15) is 40.6 Å². The average Bonchev–Trinajstić information content (AvgIpc) is 2.86. The first-order valence-electron chi connectivity index (χ1n) is 7.40. The SMILES string of the molecule is CN(C)C1CC(c2ccc(F)cc2)c2ccc(C(F)(F)F)cc21.Cl. The molecular weight excluding hydrogens is 342 g/mol. The monoisotopic (exact) mass is 359 g/mol. The number of rotatable bonds is 2. The lowest BCUT2D eigenvalue weighted by Crippen LogP contribution is -2.18. The minimum absolute atomic E-state index is 0. The van der Waals surface area contributed by atoms with Crippen LogP contribution in [0, 0.1) is 5.82 Å². The van der Waals surface area contributed by atoms with E-state index in [-0.39, 0.29) is 30.2 Å². The molecule has 0 heterocycles. The minimum atomic E-state index is -4.35. The van der Waals surface area contributed by atoms with E-state index in [1.165, 1.54) is 18.2 Å². The molecule has 2 atom stereocenters. The molecule has 6 heteroatoms. The molecule has 0 fully saturated rings. The molecule has 1 aliphatic rings. The Balaban J connectivity index is 0.00000208. The number of fused-ring (bicyclic) bond motifs is 1. The van der Waals surface area contributed by atoms with Gasteiger partial charge in [0.25, 0.3) is 0 Å². The fraction of sp³-hybridized carbons (Fsp3) is 0.333. The number of hydrogen-bond donors (Lipinski definition) is 0. The topological polar surface area (TPSA) is 3.24 Å². The fourth-order valence-corrected chi connectivity index (χ4v) is 3.33. The first kappa shape index (κ1) is 18.7. The van der Waals surface area contributed by atoms with Gasteiger partial charge in [0.1, 0.15) is 5.82 Å². The fourth-order valence-electron chi connectivity index (χ4n) is 3.33. The lowest BCUT2D eigenvalue weighted by atomic mass is 9.92. The third-order valence-electron chi connectivity index (χ3n) is 4.50. The van der Waals surface area contributed by atoms with E-state index in [9.17, 15) is 17.6 Å². The highest BCUT2D eigenvalue weighted by atomic mass is 35.5. The minimum Gasteiger partial charge on any atom is -0.302 e. The van der Waals surface area contributed by atoms with Gasteiger partial charge in [-0.25, -0.2) is 4.39 Å². The Morgan fingerprint density at radius 1 is 0.958 bits per heavy atom. The number of hydrogen-bond acceptors (Lipinski definition) is 1. The zero-order valence-corrected chi connectivity index (χ0v) is 14.1. The summed E-state index contributed by atoms with van der Waals surface area (Å²) < 4.78 is 52.1. The largest absolute Gasteiger partial charge is 0.416 e. The Kier molecular flexibility index (Phi) is 5.25. The molecule has 0 aliphatic heterocycles. The van der Waals surface area contributed by atoms with E-state index in [4.69, 9.17) is 0 Å². The predicted molar refractivity (Wildman–Crippen MR) is 88.0 cm³/mol. The van der Waals surface area contributed by atoms with E-state index in [1.54, 1.807) is 18.2 Å². The molecule has 0 bridgehead atoms. The van der Waals surface area contributed by atoms with E-state index in [0.29, 0.717) is 12.0 Å². The summed E-state index contributed by atoms with van der Waals surface area (Å²) in [6.45, 7) is 0. The quantitative estimate of drug-likeness (QED) is 0.648. The van der Waals surface area contributed by atoms with Crippen molar-refractivity contribution in [1.29, 1.82) is 0 Å². The number of benzene rings is 2. The van der Waals surface area contributed by atoms with Crippen LogP contribution >= 0.6 is 12.4 Å². The van der Waals surface area contributed by atoms with Crippen molar-refractivity contribution in [3.05, 3.63) is 70.5 Å². The van der Waals surface area contributed by atoms with Gasteiger partial charge in [0.15, 0.2) is 0 Å². The number of nitrogens with zero attached hydrogens (tertiary/aromatic N) is 1. The third kappa shape index (κ3) is 3.42. The molecule has 2 aromatic carbocycles. The van der Waals surface area contributed by atoms with Gasteiger partial charge in [-0.2, -0.15) is 13.2 Å². The molecule has 1 nitrogen and oxygen atoms in total. The summed E-state index contributed by atoms with van der Waals surface area (Å²) in [5.41, 5.74) is 1.90. The molecule has 0 saturated heterocycles. The summed E-state index contributed by atoms with van der Waals surface area (Å²) >= 11 is 0. The molecule has 0 saturated carbocycles. The normalized spacial score (nSPS) is 20.0. The van der Waals surface area contributed by atoms with Crippen molar-refractivity contribution < 1.29 is 17.6 Å². The van der Waals surface area contributed by atoms with Crippen LogP contribution in [0.2, 0.25) is 0 Å². The molecule has 2 unspecified atom stereocenters. The smallest absolute Gasteiger partial charge is 0.302 e. The highest BCUT2D eigenvalue weighted by molar-refractivity contribution is 5.85. The molecule has 24 heavy (non-hydrogen) atoms. The molecule has 0 radical (unpaired) electrons. The van der Waals surface area contributed by atoms with Crippen LogP contribution in [0.5, 0.6) is 0 Å². The second-order valence-corrected chi connectivity index (χ2v) is 6.16. The second-order valence-electron chi connectivity index (χ2n) is 6.16. The molecule has 0 spiro atoms. The molecule has 0 aromatic heterocycles. The molecule has 0 N–H and O–H groups in total. The lowest BCUT2D eigenvalue weighted by molar-refractivity contribution is -0.137. The third-order valence-corrected chi connectivity index (χ3v) is 4.50. The zero-order chi connectivity index (χ0) is 16.8. The van der Waals surface area contributed by atoms with Gasteiger partial charge in [-0.3, -0.25) is 0 Å². The van der Waals surface area contributed by atoms with Gasteiger partial charge >= 0.3 is 6.18 Å². The van der Waals surface area contributed by atoms with Crippen LogP contribution in [-0.4, -0.2) is 19.0 Å². The summed E-state index contributed by atoms with van der Waals surface area (Å²) in [5.74, 6) is -0.330. The van der Waals surface area contributed by atoms with Crippen LogP contribution in [0.25, 0.3) is 0 Å². The molecule has 3 rings (SSSR count). The van der Waals surface area contributed by atoms with E-state index in [0.717, 1.165) is 17.2 Å². The van der Waals surface area contributed by atoms with Gasteiger partial charge in [0.05, 0.1) is 5.56 Å². The first-order valence-corrected chi connectivity index (χ1v) is 7.40. The molecule has 1 aliphatic carbocycles. The lowest BCUT2D eigenvalue weighted by Gasteiger charge is -2.21. The van der Waals surface area contributed by atoms with Gasteiger partial charge in [0, 0.05) is 12.0 Å². The average molecular weight is 360 g/mol. The van der Waals surface area contributed by atoms with Crippen LogP contribution in [0.3, 0.4) is 0 Å². The van der Waals surface area contributed by atoms with Crippen LogP contribution in [0.4, 0.5) is 17.6 Å². The van der Waals surface area contributed by atoms with E-state index in [1.807, 2.05) is 19.0 Å². The van der Waals surface area contributed by atoms with Crippen LogP contribution in [0.15, 0.2) is 42.5 Å². The maximum Gasteiger partial charge on any atom is 0.416 e. The van der Waals surface area contributed by atoms with Crippen molar-refractivity contribution in [1.82, 2.24) is 4.90 Å².